The van der Waals surface area contributed by atoms with Crippen LogP contribution in [0.4, 0.5) is 0 Å². The summed E-state index contributed by atoms with van der Waals surface area (Å²) in [5.74, 6) is 0. The fraction of sp³-hybridized carbons (Fsp3) is 0.0972. The Morgan fingerprint density at radius 1 is 0.476 bits per heavy atom. The summed E-state index contributed by atoms with van der Waals surface area (Å²) in [6, 6.07) is 89.5. The van der Waals surface area contributed by atoms with Crippen LogP contribution in [-0.2, 0) is 4.74 Å². The van der Waals surface area contributed by atoms with Crippen molar-refractivity contribution in [3.05, 3.63) is 280 Å². The molecule has 0 radical (unpaired) electrons. The Morgan fingerprint density at radius 2 is 0.841 bits per heavy atom. The molecule has 0 bridgehead atoms. The number of halogens is 6. The van der Waals surface area contributed by atoms with Crippen LogP contribution in [0.3, 0.4) is 0 Å². The minimum atomic E-state index is -2.62. The van der Waals surface area contributed by atoms with Gasteiger partial charge in [0.2, 0.25) is 0 Å². The number of rotatable bonds is 6. The topological polar surface area (TPSA) is 9.23 Å². The smallest absolute Gasteiger partial charge is 0.381 e. The van der Waals surface area contributed by atoms with E-state index in [4.69, 9.17) is 50.1 Å². The Morgan fingerprint density at radius 3 is 1.28 bits per heavy atom. The van der Waals surface area contributed by atoms with Gasteiger partial charge in [-0.1, -0.05) is 283 Å². The molecule has 10 heteroatoms. The first-order valence-electron chi connectivity index (χ1n) is 27.3. The van der Waals surface area contributed by atoms with Gasteiger partial charge in [0.25, 0.3) is 0 Å². The van der Waals surface area contributed by atoms with Gasteiger partial charge in [0.1, 0.15) is 0 Å². The summed E-state index contributed by atoms with van der Waals surface area (Å²) in [5, 5.41) is 19.7. The van der Waals surface area contributed by atoms with Crippen molar-refractivity contribution in [1.29, 1.82) is 0 Å². The van der Waals surface area contributed by atoms with Crippen molar-refractivity contribution in [2.24, 2.45) is 0 Å². The summed E-state index contributed by atoms with van der Waals surface area (Å²) in [4.78, 5) is 0. The first-order valence-corrected chi connectivity index (χ1v) is 36.0. The molecule has 0 saturated carbocycles. The zero-order chi connectivity index (χ0) is 56.3. The molecule has 14 rings (SSSR count). The van der Waals surface area contributed by atoms with Gasteiger partial charge in [-0.3, -0.25) is 0 Å². The number of hydrogen-bond acceptors (Lipinski definition) is 1. The number of unbranched alkanes of at least 4 members (excludes halogenated alkanes) is 1. The standard InChI is InChI=1S/C32H21ClSi.C20H11BrClI.C12H10Cl2Si.C4H8O.C4H9.Li/c33-22-19-20-29-30(21-22)34(23-11-3-1-4-12-23,24-13-5-2-6-14-24)32-28-18-10-8-16-26(28)25-15-7-9-17-27(25)31(29)32;21-18-11-12(22)9-10-17(18)19-15-7-3-1-5-13(15)14-6-2-4-8-16(14)20(19)23;13-15(14,11-7-3-1-4-8-11)12-9-5-2-6-10-12;1-2-4-5-3-1;1-3-4-2;/h1-21H;1-11H;1-10H;1-4H2;1,3-4H2,2H3;/q;;;;-1;+1. The SMILES string of the molecule is C1CCOC1.Cl[Si](Cl)(c1ccccc1)c1ccccc1.Clc1ccc(-c2c(I)c3ccccc3c3ccccc23)c(Br)c1.Clc1ccc2c(c1)[Si](c1ccccc1)(c1ccccc1)c1c-2c2ccccc2c2ccccc12.[CH2-]CCC.[Li+]. The average molecular weight is 1350 g/mol. The maximum Gasteiger partial charge on any atom is 1.00 e. The van der Waals surface area contributed by atoms with Crippen LogP contribution in [0.25, 0.3) is 65.3 Å². The van der Waals surface area contributed by atoms with E-state index in [9.17, 15) is 0 Å². The van der Waals surface area contributed by atoms with Gasteiger partial charge in [-0.05, 0) is 151 Å². The molecule has 0 unspecified atom stereocenters. The molecule has 1 nitrogen and oxygen atoms in total. The van der Waals surface area contributed by atoms with Gasteiger partial charge in [-0.25, -0.2) is 0 Å². The number of hydrogen-bond donors (Lipinski definition) is 0. The second-order valence-corrected chi connectivity index (χ2v) is 32.7. The molecular formula is C72H59BrCl4ILiOSi2. The first-order chi connectivity index (χ1) is 39.6. The van der Waals surface area contributed by atoms with Gasteiger partial charge in [-0.2, -0.15) is 6.42 Å². The normalized spacial score (nSPS) is 12.7. The number of benzene rings is 12. The molecule has 12 aromatic rings. The molecule has 0 aliphatic carbocycles. The van der Waals surface area contributed by atoms with Crippen molar-refractivity contribution in [1.82, 2.24) is 0 Å². The van der Waals surface area contributed by atoms with Gasteiger partial charge in [-0.15, -0.1) is 22.2 Å². The molecular weight excluding hydrogens is 1290 g/mol. The largest absolute Gasteiger partial charge is 1.00 e. The van der Waals surface area contributed by atoms with Gasteiger partial charge in [0.05, 0.1) is 0 Å². The second-order valence-electron chi connectivity index (χ2n) is 19.9. The Hall–Kier alpha value is -4.96. The van der Waals surface area contributed by atoms with Crippen LogP contribution in [-0.4, -0.2) is 28.0 Å². The Labute approximate surface area is 538 Å². The van der Waals surface area contributed by atoms with E-state index in [2.05, 4.69) is 234 Å². The molecule has 0 atom stereocenters. The van der Waals surface area contributed by atoms with Gasteiger partial charge >= 0.3 is 25.6 Å². The predicted molar refractivity (Wildman–Crippen MR) is 371 cm³/mol. The van der Waals surface area contributed by atoms with Crippen LogP contribution in [0.15, 0.2) is 259 Å². The van der Waals surface area contributed by atoms with Crippen LogP contribution in [0.5, 0.6) is 0 Å². The zero-order valence-corrected chi connectivity index (χ0v) is 54.6. The monoisotopic (exact) mass is 1350 g/mol. The van der Waals surface area contributed by atoms with E-state index in [-0.39, 0.29) is 18.9 Å². The molecule has 0 N–H and O–H groups in total. The van der Waals surface area contributed by atoms with Crippen LogP contribution in [0.1, 0.15) is 32.6 Å². The Kier molecular flexibility index (Phi) is 21.6. The van der Waals surface area contributed by atoms with Crippen molar-refractivity contribution in [3.8, 4) is 22.3 Å². The fourth-order valence-corrected chi connectivity index (χ4v) is 21.9. The van der Waals surface area contributed by atoms with Crippen molar-refractivity contribution >= 4 is 173 Å². The van der Waals surface area contributed by atoms with Crippen LogP contribution in [0, 0.1) is 10.5 Å². The minimum Gasteiger partial charge on any atom is -0.381 e. The summed E-state index contributed by atoms with van der Waals surface area (Å²) >= 11 is 32.0. The summed E-state index contributed by atoms with van der Waals surface area (Å²) in [7, 11) is -2.62. The predicted octanol–water partition coefficient (Wildman–Crippen LogP) is 15.8. The van der Waals surface area contributed by atoms with E-state index in [1.165, 1.54) is 109 Å². The molecule has 0 amide bonds. The van der Waals surface area contributed by atoms with Crippen LogP contribution >= 0.6 is 83.9 Å². The molecule has 1 fully saturated rings. The summed E-state index contributed by atoms with van der Waals surface area (Å²) in [5.41, 5.74) is 5.12. The van der Waals surface area contributed by atoms with Crippen LogP contribution < -0.4 is 50.0 Å². The molecule has 404 valence electrons. The van der Waals surface area contributed by atoms with E-state index in [0.717, 1.165) is 44.5 Å². The van der Waals surface area contributed by atoms with E-state index < -0.39 is 14.8 Å². The first kappa shape index (κ1) is 61.6. The van der Waals surface area contributed by atoms with Crippen LogP contribution in [0.2, 0.25) is 10.0 Å². The van der Waals surface area contributed by atoms with E-state index in [1.807, 2.05) is 72.8 Å². The van der Waals surface area contributed by atoms with E-state index >= 15 is 0 Å². The third-order valence-electron chi connectivity index (χ3n) is 14.9. The Bertz CT molecular complexity index is 4010. The maximum absolute atomic E-state index is 6.73. The average Bonchev–Trinajstić information content (AvgIpc) is 4.43. The third kappa shape index (κ3) is 12.8. The molecule has 0 spiro atoms. The van der Waals surface area contributed by atoms with Crippen molar-refractivity contribution < 1.29 is 23.6 Å². The molecule has 2 aliphatic rings. The zero-order valence-electron chi connectivity index (χ0n) is 45.9. The minimum absolute atomic E-state index is 0. The van der Waals surface area contributed by atoms with E-state index in [1.54, 1.807) is 0 Å². The van der Waals surface area contributed by atoms with Gasteiger partial charge in [0.15, 0.2) is 8.07 Å². The van der Waals surface area contributed by atoms with Gasteiger partial charge in [0, 0.05) is 36.9 Å². The second kappa shape index (κ2) is 28.7. The molecule has 2 aliphatic heterocycles. The maximum atomic E-state index is 6.73. The van der Waals surface area contributed by atoms with Crippen molar-refractivity contribution in [3.63, 3.8) is 0 Å². The van der Waals surface area contributed by atoms with Gasteiger partial charge < -0.3 is 11.7 Å². The third-order valence-corrected chi connectivity index (χ3v) is 26.8. The summed E-state index contributed by atoms with van der Waals surface area (Å²) in [6.45, 7) is 5.21. The Balaban J connectivity index is 0.000000145. The number of fused-ring (bicyclic) bond motifs is 11. The molecule has 2 heterocycles. The van der Waals surface area contributed by atoms with E-state index in [0.29, 0.717) is 0 Å². The molecule has 12 aromatic carbocycles. The quantitative estimate of drug-likeness (QED) is 0.0530. The fourth-order valence-electron chi connectivity index (χ4n) is 11.2. The number of ether oxygens (including phenoxy) is 1. The summed E-state index contributed by atoms with van der Waals surface area (Å²) in [6.07, 6.45) is 4.83. The molecule has 0 aromatic heterocycles. The van der Waals surface area contributed by atoms with Crippen molar-refractivity contribution in [2.45, 2.75) is 32.6 Å². The molecule has 1 saturated heterocycles. The van der Waals surface area contributed by atoms with Crippen molar-refractivity contribution in [2.75, 3.05) is 13.2 Å². The molecule has 82 heavy (non-hydrogen) atoms. The summed E-state index contributed by atoms with van der Waals surface area (Å²) < 4.78 is 7.23.